The van der Waals surface area contributed by atoms with E-state index < -0.39 is 0 Å². The minimum atomic E-state index is 0.681. The molecule has 4 heteroatoms. The average molecular weight is 229 g/mol. The summed E-state index contributed by atoms with van der Waals surface area (Å²) in [7, 11) is 1.67. The van der Waals surface area contributed by atoms with E-state index in [0.717, 1.165) is 22.8 Å². The number of anilines is 1. The maximum Gasteiger partial charge on any atom is 0.129 e. The maximum absolute atomic E-state index is 5.28. The molecule has 0 radical (unpaired) electrons. The largest absolute Gasteiger partial charge is 0.496 e. The molecular formula is C13H15N3O. The van der Waals surface area contributed by atoms with Crippen LogP contribution in [0.2, 0.25) is 0 Å². The molecule has 0 aliphatic rings. The van der Waals surface area contributed by atoms with Gasteiger partial charge in [-0.1, -0.05) is 18.2 Å². The highest BCUT2D eigenvalue weighted by molar-refractivity contribution is 5.39. The number of rotatable bonds is 4. The molecule has 0 atom stereocenters. The van der Waals surface area contributed by atoms with E-state index in [-0.39, 0.29) is 0 Å². The Hall–Kier alpha value is -2.10. The van der Waals surface area contributed by atoms with Gasteiger partial charge in [0.25, 0.3) is 0 Å². The van der Waals surface area contributed by atoms with Crippen molar-refractivity contribution in [2.24, 2.45) is 0 Å². The minimum Gasteiger partial charge on any atom is -0.496 e. The molecule has 4 nitrogen and oxygen atoms in total. The van der Waals surface area contributed by atoms with Crippen LogP contribution in [0.25, 0.3) is 0 Å². The lowest BCUT2D eigenvalue weighted by Gasteiger charge is -2.09. The zero-order chi connectivity index (χ0) is 12.1. The lowest BCUT2D eigenvalue weighted by Crippen LogP contribution is -2.03. The zero-order valence-corrected chi connectivity index (χ0v) is 9.97. The molecule has 0 spiro atoms. The molecule has 0 saturated carbocycles. The van der Waals surface area contributed by atoms with Crippen LogP contribution in [-0.4, -0.2) is 17.1 Å². The third kappa shape index (κ3) is 2.93. The van der Waals surface area contributed by atoms with E-state index in [0.29, 0.717) is 6.54 Å². The number of nitrogens with one attached hydrogen (secondary N) is 1. The Bertz CT molecular complexity index is 500. The summed E-state index contributed by atoms with van der Waals surface area (Å²) in [5.41, 5.74) is 2.05. The molecule has 1 aromatic carbocycles. The van der Waals surface area contributed by atoms with E-state index in [1.807, 2.05) is 37.3 Å². The molecule has 0 aliphatic heterocycles. The summed E-state index contributed by atoms with van der Waals surface area (Å²) in [5.74, 6) is 1.70. The van der Waals surface area contributed by atoms with Crippen LogP contribution in [0.5, 0.6) is 5.75 Å². The molecule has 1 aromatic heterocycles. The van der Waals surface area contributed by atoms with Crippen LogP contribution in [0.1, 0.15) is 11.3 Å². The molecule has 1 heterocycles. The standard InChI is InChI=1S/C13H15N3O/c1-10-7-13(16-9-15-10)14-8-11-5-3-4-6-12(11)17-2/h3-7,9H,8H2,1-2H3,(H,14,15,16). The van der Waals surface area contributed by atoms with Crippen molar-refractivity contribution in [3.05, 3.63) is 47.9 Å². The summed E-state index contributed by atoms with van der Waals surface area (Å²) in [4.78, 5) is 8.20. The second-order valence-corrected chi connectivity index (χ2v) is 3.71. The molecule has 2 rings (SSSR count). The molecule has 88 valence electrons. The van der Waals surface area contributed by atoms with Crippen molar-refractivity contribution in [3.63, 3.8) is 0 Å². The first-order valence-electron chi connectivity index (χ1n) is 5.44. The summed E-state index contributed by atoms with van der Waals surface area (Å²) in [6.07, 6.45) is 1.56. The van der Waals surface area contributed by atoms with Gasteiger partial charge in [0.05, 0.1) is 7.11 Å². The van der Waals surface area contributed by atoms with Gasteiger partial charge in [0, 0.05) is 23.9 Å². The molecule has 0 unspecified atom stereocenters. The van der Waals surface area contributed by atoms with Crippen molar-refractivity contribution in [2.75, 3.05) is 12.4 Å². The highest BCUT2D eigenvalue weighted by Crippen LogP contribution is 2.18. The van der Waals surface area contributed by atoms with Crippen LogP contribution >= 0.6 is 0 Å². The molecule has 2 aromatic rings. The lowest BCUT2D eigenvalue weighted by molar-refractivity contribution is 0.410. The zero-order valence-electron chi connectivity index (χ0n) is 9.97. The van der Waals surface area contributed by atoms with Crippen molar-refractivity contribution in [1.29, 1.82) is 0 Å². The predicted molar refractivity (Wildman–Crippen MR) is 67.1 cm³/mol. The summed E-state index contributed by atoms with van der Waals surface area (Å²) < 4.78 is 5.28. The van der Waals surface area contributed by atoms with Crippen molar-refractivity contribution in [1.82, 2.24) is 9.97 Å². The van der Waals surface area contributed by atoms with Crippen LogP contribution in [0.3, 0.4) is 0 Å². The first-order chi connectivity index (χ1) is 8.29. The first kappa shape index (κ1) is 11.4. The molecule has 0 aliphatic carbocycles. The number of methoxy groups -OCH3 is 1. The highest BCUT2D eigenvalue weighted by atomic mass is 16.5. The summed E-state index contributed by atoms with van der Waals surface area (Å²) >= 11 is 0. The van der Waals surface area contributed by atoms with Crippen molar-refractivity contribution >= 4 is 5.82 Å². The minimum absolute atomic E-state index is 0.681. The van der Waals surface area contributed by atoms with Crippen LogP contribution in [-0.2, 0) is 6.54 Å². The molecule has 0 bridgehead atoms. The predicted octanol–water partition coefficient (Wildman–Crippen LogP) is 2.41. The Labute approximate surface area is 101 Å². The number of para-hydroxylation sites is 1. The summed E-state index contributed by atoms with van der Waals surface area (Å²) in [6.45, 7) is 2.62. The van der Waals surface area contributed by atoms with E-state index in [1.165, 1.54) is 0 Å². The Kier molecular flexibility index (Phi) is 3.55. The van der Waals surface area contributed by atoms with E-state index in [9.17, 15) is 0 Å². The van der Waals surface area contributed by atoms with Crippen LogP contribution in [0.4, 0.5) is 5.82 Å². The van der Waals surface area contributed by atoms with Crippen molar-refractivity contribution in [3.8, 4) is 5.75 Å². The van der Waals surface area contributed by atoms with Gasteiger partial charge in [-0.2, -0.15) is 0 Å². The first-order valence-corrected chi connectivity index (χ1v) is 5.44. The third-order valence-electron chi connectivity index (χ3n) is 2.46. The Balaban J connectivity index is 2.07. The van der Waals surface area contributed by atoms with Gasteiger partial charge >= 0.3 is 0 Å². The summed E-state index contributed by atoms with van der Waals surface area (Å²) in [5, 5.41) is 3.25. The smallest absolute Gasteiger partial charge is 0.129 e. The fourth-order valence-electron chi connectivity index (χ4n) is 1.59. The van der Waals surface area contributed by atoms with Gasteiger partial charge in [0.15, 0.2) is 0 Å². The number of nitrogens with zero attached hydrogens (tertiary/aromatic N) is 2. The highest BCUT2D eigenvalue weighted by Gasteiger charge is 2.01. The Morgan fingerprint density at radius 2 is 2.06 bits per heavy atom. The van der Waals surface area contributed by atoms with E-state index >= 15 is 0 Å². The quantitative estimate of drug-likeness (QED) is 0.874. The number of aryl methyl sites for hydroxylation is 1. The van der Waals surface area contributed by atoms with Crippen LogP contribution < -0.4 is 10.1 Å². The summed E-state index contributed by atoms with van der Waals surface area (Å²) in [6, 6.07) is 9.83. The molecule has 0 fully saturated rings. The Morgan fingerprint density at radius 1 is 1.24 bits per heavy atom. The topological polar surface area (TPSA) is 47.0 Å². The van der Waals surface area contributed by atoms with E-state index in [1.54, 1.807) is 13.4 Å². The number of hydrogen-bond acceptors (Lipinski definition) is 4. The lowest BCUT2D eigenvalue weighted by atomic mass is 10.2. The van der Waals surface area contributed by atoms with Gasteiger partial charge in [-0.15, -0.1) is 0 Å². The average Bonchev–Trinajstić information content (AvgIpc) is 2.37. The number of benzene rings is 1. The SMILES string of the molecule is COc1ccccc1CNc1cc(C)ncn1. The van der Waals surface area contributed by atoms with Gasteiger partial charge in [0.2, 0.25) is 0 Å². The fourth-order valence-corrected chi connectivity index (χ4v) is 1.59. The van der Waals surface area contributed by atoms with Crippen LogP contribution in [0, 0.1) is 6.92 Å². The van der Waals surface area contributed by atoms with Gasteiger partial charge in [-0.05, 0) is 13.0 Å². The monoisotopic (exact) mass is 229 g/mol. The van der Waals surface area contributed by atoms with E-state index in [4.69, 9.17) is 4.74 Å². The third-order valence-corrected chi connectivity index (χ3v) is 2.46. The number of ether oxygens (including phenoxy) is 1. The van der Waals surface area contributed by atoms with Gasteiger partial charge in [-0.3, -0.25) is 0 Å². The second-order valence-electron chi connectivity index (χ2n) is 3.71. The number of aromatic nitrogens is 2. The normalized spacial score (nSPS) is 10.0. The molecule has 0 saturated heterocycles. The van der Waals surface area contributed by atoms with Crippen molar-refractivity contribution in [2.45, 2.75) is 13.5 Å². The fraction of sp³-hybridized carbons (Fsp3) is 0.231. The maximum atomic E-state index is 5.28. The van der Waals surface area contributed by atoms with Gasteiger partial charge in [0.1, 0.15) is 17.9 Å². The Morgan fingerprint density at radius 3 is 2.82 bits per heavy atom. The van der Waals surface area contributed by atoms with Gasteiger partial charge in [-0.25, -0.2) is 9.97 Å². The second kappa shape index (κ2) is 5.30. The van der Waals surface area contributed by atoms with Crippen LogP contribution in [0.15, 0.2) is 36.7 Å². The molecular weight excluding hydrogens is 214 g/mol. The molecule has 0 amide bonds. The number of hydrogen-bond donors (Lipinski definition) is 1. The molecule has 1 N–H and O–H groups in total. The van der Waals surface area contributed by atoms with Crippen molar-refractivity contribution < 1.29 is 4.74 Å². The molecule has 17 heavy (non-hydrogen) atoms. The van der Waals surface area contributed by atoms with Gasteiger partial charge < -0.3 is 10.1 Å². The van der Waals surface area contributed by atoms with E-state index in [2.05, 4.69) is 15.3 Å².